The predicted molar refractivity (Wildman–Crippen MR) is 180 cm³/mol. The lowest BCUT2D eigenvalue weighted by molar-refractivity contribution is 0.0793. The molecule has 3 aromatic rings. The second-order valence-corrected chi connectivity index (χ2v) is 17.4. The molecule has 0 saturated carbocycles. The number of hydrogen-bond donors (Lipinski definition) is 0. The maximum absolute atomic E-state index is 14.0. The molecule has 0 aromatic heterocycles. The maximum Gasteiger partial charge on any atom is 0.254 e. The van der Waals surface area contributed by atoms with Crippen LogP contribution in [0, 0.1) is 0 Å². The molecule has 1 amide bonds. The Hall–Kier alpha value is -3.18. The Kier molecular flexibility index (Phi) is 7.90. The van der Waals surface area contributed by atoms with E-state index in [1.54, 1.807) is 0 Å². The van der Waals surface area contributed by atoms with Crippen molar-refractivity contribution in [2.45, 2.75) is 72.4 Å². The third kappa shape index (κ3) is 4.74. The van der Waals surface area contributed by atoms with Crippen molar-refractivity contribution >= 4 is 35.6 Å². The van der Waals surface area contributed by atoms with Crippen LogP contribution in [0.15, 0.2) is 48.5 Å². The van der Waals surface area contributed by atoms with E-state index in [1.807, 2.05) is 18.0 Å². The van der Waals surface area contributed by atoms with Crippen LogP contribution in [0.3, 0.4) is 0 Å². The number of unbranched alkanes of at least 4 members (excludes halogenated alkanes) is 1. The highest BCUT2D eigenvalue weighted by atomic mass is 28.3. The highest BCUT2D eigenvalue weighted by molar-refractivity contribution is 7.01. The van der Waals surface area contributed by atoms with Crippen LogP contribution in [0.2, 0.25) is 13.1 Å². The Morgan fingerprint density at radius 1 is 0.952 bits per heavy atom. The van der Waals surface area contributed by atoms with Gasteiger partial charge in [-0.3, -0.25) is 4.79 Å². The smallest absolute Gasteiger partial charge is 0.254 e. The number of carbonyl (C=O) groups excluding carboxylic acids is 1. The summed E-state index contributed by atoms with van der Waals surface area (Å²) in [5.74, 6) is 0.127. The fourth-order valence-corrected chi connectivity index (χ4v) is 10.7. The number of rotatable bonds is 7. The molecule has 5 heteroatoms. The Balaban J connectivity index is 1.71. The van der Waals surface area contributed by atoms with E-state index >= 15 is 0 Å². The van der Waals surface area contributed by atoms with Crippen molar-refractivity contribution in [2.75, 3.05) is 44.7 Å². The van der Waals surface area contributed by atoms with Gasteiger partial charge in [-0.25, -0.2) is 4.58 Å². The summed E-state index contributed by atoms with van der Waals surface area (Å²) in [6, 6.07) is 18.6. The second-order valence-electron chi connectivity index (χ2n) is 13.0. The number of anilines is 1. The van der Waals surface area contributed by atoms with E-state index in [0.717, 1.165) is 69.5 Å². The molecule has 0 radical (unpaired) electrons. The summed E-state index contributed by atoms with van der Waals surface area (Å²) in [4.78, 5) is 18.5. The summed E-state index contributed by atoms with van der Waals surface area (Å²) in [5, 5.41) is 5.84. The van der Waals surface area contributed by atoms with Gasteiger partial charge in [0, 0.05) is 56.0 Å². The molecule has 0 unspecified atom stereocenters. The third-order valence-electron chi connectivity index (χ3n) is 10.1. The standard InChI is InChI=1S/C37H48N3OSi/c1-7-10-19-38(4)37(41)29-18-12-11-17-28(29)36-30-22-26-15-13-20-39(8-2)32(26)24-34(30)42(5,6)35-25-33-27(23-31(35)36)16-14-21-40(33)9-3/h11-12,17-18,22-25H,7-10,13-16,19-21H2,1-6H3/q+1. The van der Waals surface area contributed by atoms with E-state index in [1.165, 1.54) is 61.7 Å². The number of nitrogens with zero attached hydrogens (tertiary/aromatic N) is 3. The van der Waals surface area contributed by atoms with E-state index in [9.17, 15) is 4.79 Å². The average molecular weight is 579 g/mol. The topological polar surface area (TPSA) is 26.6 Å². The van der Waals surface area contributed by atoms with Gasteiger partial charge in [0.05, 0.1) is 0 Å². The van der Waals surface area contributed by atoms with Crippen LogP contribution in [0.4, 0.5) is 5.69 Å². The number of carbonyl (C=O) groups is 1. The quantitative estimate of drug-likeness (QED) is 0.311. The van der Waals surface area contributed by atoms with E-state index in [4.69, 9.17) is 0 Å². The van der Waals surface area contributed by atoms with Gasteiger partial charge in [0.25, 0.3) is 5.91 Å². The summed E-state index contributed by atoms with van der Waals surface area (Å²) in [6.45, 7) is 17.0. The molecule has 0 atom stereocenters. The summed E-state index contributed by atoms with van der Waals surface area (Å²) >= 11 is 0. The van der Waals surface area contributed by atoms with Crippen molar-refractivity contribution in [2.24, 2.45) is 0 Å². The highest BCUT2D eigenvalue weighted by Gasteiger charge is 2.38. The fourth-order valence-electron chi connectivity index (χ4n) is 7.69. The zero-order chi connectivity index (χ0) is 29.6. The molecule has 3 aromatic carbocycles. The maximum atomic E-state index is 14.0. The fraction of sp³-hybridized carbons (Fsp3) is 0.459. The first-order chi connectivity index (χ1) is 20.3. The lowest BCUT2D eigenvalue weighted by Gasteiger charge is -2.38. The molecule has 220 valence electrons. The minimum Gasteiger partial charge on any atom is -0.372 e. The number of benzene rings is 3. The molecule has 42 heavy (non-hydrogen) atoms. The summed E-state index contributed by atoms with van der Waals surface area (Å²) in [7, 11) is -0.101. The molecular weight excluding hydrogens is 531 g/mol. The predicted octanol–water partition coefficient (Wildman–Crippen LogP) is 4.17. The van der Waals surface area contributed by atoms with E-state index in [-0.39, 0.29) is 5.91 Å². The van der Waals surface area contributed by atoms with E-state index in [2.05, 4.69) is 85.8 Å². The van der Waals surface area contributed by atoms with Gasteiger partial charge in [0.15, 0.2) is 0 Å². The van der Waals surface area contributed by atoms with Gasteiger partial charge in [0.1, 0.15) is 21.2 Å². The normalized spacial score (nSPS) is 16.9. The van der Waals surface area contributed by atoms with E-state index < -0.39 is 8.07 Å². The lowest BCUT2D eigenvalue weighted by Crippen LogP contribution is -2.64. The molecule has 6 rings (SSSR count). The number of amides is 1. The monoisotopic (exact) mass is 578 g/mol. The number of aryl methyl sites for hydroxylation is 2. The molecular formula is C37H48N3OSi+. The molecule has 3 aliphatic rings. The van der Waals surface area contributed by atoms with Crippen LogP contribution >= 0.6 is 0 Å². The van der Waals surface area contributed by atoms with Crippen molar-refractivity contribution in [3.63, 3.8) is 0 Å². The van der Waals surface area contributed by atoms with Crippen LogP contribution < -0.4 is 30.4 Å². The first-order valence-electron chi connectivity index (χ1n) is 16.4. The van der Waals surface area contributed by atoms with Crippen LogP contribution in [0.1, 0.15) is 79.1 Å². The molecule has 0 N–H and O–H groups in total. The molecule has 0 aliphatic carbocycles. The van der Waals surface area contributed by atoms with Crippen LogP contribution in [0.25, 0.3) is 5.57 Å². The number of fused-ring (bicyclic) bond motifs is 4. The average Bonchev–Trinajstić information content (AvgIpc) is 3.01. The molecule has 3 aliphatic heterocycles. The van der Waals surface area contributed by atoms with Gasteiger partial charge in [-0.15, -0.1) is 0 Å². The highest BCUT2D eigenvalue weighted by Crippen LogP contribution is 2.34. The minimum absolute atomic E-state index is 0.127. The van der Waals surface area contributed by atoms with Gasteiger partial charge in [-0.05, 0) is 102 Å². The summed E-state index contributed by atoms with van der Waals surface area (Å²) < 4.78 is 2.57. The van der Waals surface area contributed by atoms with Crippen LogP contribution in [-0.4, -0.2) is 58.7 Å². The SMILES string of the molecule is CCCCN(C)C(=O)c1ccccc1C1=c2cc3c(cc2[Si](C)(C)c2cc4c(cc21)CCCN4CC)=[N+](CC)CCC3. The first kappa shape index (κ1) is 28.9. The van der Waals surface area contributed by atoms with Crippen molar-refractivity contribution < 1.29 is 4.79 Å². The second kappa shape index (κ2) is 11.5. The largest absolute Gasteiger partial charge is 0.372 e. The summed E-state index contributed by atoms with van der Waals surface area (Å²) in [6.07, 6.45) is 6.74. The van der Waals surface area contributed by atoms with Crippen LogP contribution in [0.5, 0.6) is 0 Å². The Bertz CT molecular complexity index is 1670. The van der Waals surface area contributed by atoms with Gasteiger partial charge < -0.3 is 9.80 Å². The molecule has 0 saturated heterocycles. The van der Waals surface area contributed by atoms with Crippen molar-refractivity contribution in [1.29, 1.82) is 0 Å². The van der Waals surface area contributed by atoms with Gasteiger partial charge in [-0.1, -0.05) is 44.6 Å². The number of hydrogen-bond acceptors (Lipinski definition) is 2. The van der Waals surface area contributed by atoms with Crippen molar-refractivity contribution in [1.82, 2.24) is 9.48 Å². The molecule has 0 spiro atoms. The summed E-state index contributed by atoms with van der Waals surface area (Å²) in [5.41, 5.74) is 8.91. The zero-order valence-electron chi connectivity index (χ0n) is 26.6. The van der Waals surface area contributed by atoms with Crippen molar-refractivity contribution in [3.05, 3.63) is 86.9 Å². The Labute approximate surface area is 253 Å². The van der Waals surface area contributed by atoms with Gasteiger partial charge in [-0.2, -0.15) is 0 Å². The minimum atomic E-state index is -2.06. The van der Waals surface area contributed by atoms with Gasteiger partial charge >= 0.3 is 0 Å². The molecule has 3 heterocycles. The Morgan fingerprint density at radius 3 is 2.50 bits per heavy atom. The lowest BCUT2D eigenvalue weighted by atomic mass is 9.87. The first-order valence-corrected chi connectivity index (χ1v) is 19.4. The van der Waals surface area contributed by atoms with Gasteiger partial charge in [0.2, 0.25) is 5.36 Å². The van der Waals surface area contributed by atoms with Crippen LogP contribution in [-0.2, 0) is 12.8 Å². The molecule has 0 bridgehead atoms. The Morgan fingerprint density at radius 2 is 1.74 bits per heavy atom. The van der Waals surface area contributed by atoms with E-state index in [0.29, 0.717) is 0 Å². The van der Waals surface area contributed by atoms with Crippen molar-refractivity contribution in [3.8, 4) is 0 Å². The molecule has 4 nitrogen and oxygen atoms in total. The zero-order valence-corrected chi connectivity index (χ0v) is 27.6. The molecule has 0 fully saturated rings. The third-order valence-corrected chi connectivity index (χ3v) is 13.7.